The number of amides is 3. The van der Waals surface area contributed by atoms with Crippen LogP contribution < -0.4 is 5.32 Å². The van der Waals surface area contributed by atoms with E-state index < -0.39 is 11.4 Å². The normalized spacial score (nSPS) is 22.2. The molecule has 0 aromatic heterocycles. The largest absolute Gasteiger partial charge is 0.378 e. The van der Waals surface area contributed by atoms with Crippen LogP contribution >= 0.6 is 0 Å². The van der Waals surface area contributed by atoms with Crippen molar-refractivity contribution in [1.82, 2.24) is 14.7 Å². The number of anilines is 1. The summed E-state index contributed by atoms with van der Waals surface area (Å²) >= 11 is 0. The average Bonchev–Trinajstić information content (AvgIpc) is 2.78. The molecular weight excluding hydrogens is 418 g/mol. The van der Waals surface area contributed by atoms with Crippen molar-refractivity contribution in [3.05, 3.63) is 65.7 Å². The molecule has 3 heterocycles. The van der Waals surface area contributed by atoms with Gasteiger partial charge >= 0.3 is 6.03 Å². The van der Waals surface area contributed by atoms with Crippen LogP contribution in [0, 0.1) is 11.6 Å². The molecule has 32 heavy (non-hydrogen) atoms. The molecule has 3 amide bonds. The minimum atomic E-state index is -0.539. The number of piperazine rings is 1. The van der Waals surface area contributed by atoms with E-state index in [1.807, 2.05) is 0 Å². The summed E-state index contributed by atoms with van der Waals surface area (Å²) in [5, 5.41) is 2.78. The molecule has 0 saturated carbocycles. The number of likely N-dealkylation sites (tertiary alicyclic amines) is 1. The number of nitrogens with one attached hydrogen (secondary N) is 1. The zero-order valence-corrected chi connectivity index (χ0v) is 17.5. The maximum Gasteiger partial charge on any atom is 0.321 e. The van der Waals surface area contributed by atoms with E-state index in [1.54, 1.807) is 21.9 Å². The van der Waals surface area contributed by atoms with Gasteiger partial charge in [0.2, 0.25) is 0 Å². The molecule has 1 atom stereocenters. The van der Waals surface area contributed by atoms with Gasteiger partial charge in [-0.2, -0.15) is 0 Å². The first kappa shape index (κ1) is 20.8. The summed E-state index contributed by atoms with van der Waals surface area (Å²) in [6, 6.07) is 11.3. The molecule has 0 radical (unpaired) electrons. The highest BCUT2D eigenvalue weighted by Gasteiger charge is 2.56. The van der Waals surface area contributed by atoms with Crippen LogP contribution in [0.1, 0.15) is 10.4 Å². The summed E-state index contributed by atoms with van der Waals surface area (Å²) in [6.07, 6.45) is 0. The van der Waals surface area contributed by atoms with Crippen LogP contribution in [0.15, 0.2) is 48.5 Å². The number of carbonyl (C=O) groups excluding carboxylic acids is 2. The minimum Gasteiger partial charge on any atom is -0.378 e. The highest BCUT2D eigenvalue weighted by Crippen LogP contribution is 2.36. The maximum atomic E-state index is 14.2. The van der Waals surface area contributed by atoms with Gasteiger partial charge in [-0.1, -0.05) is 12.1 Å². The number of carbonyl (C=O) groups is 2. The van der Waals surface area contributed by atoms with Crippen molar-refractivity contribution in [3.8, 4) is 0 Å². The van der Waals surface area contributed by atoms with E-state index in [1.165, 1.54) is 36.4 Å². The summed E-state index contributed by atoms with van der Waals surface area (Å²) in [6.45, 7) is 3.56. The number of fused-ring (bicyclic) bond motifs is 2. The molecule has 2 aromatic carbocycles. The first-order valence-electron chi connectivity index (χ1n) is 10.6. The third kappa shape index (κ3) is 3.71. The molecule has 9 heteroatoms. The fraction of sp³-hybridized carbons (Fsp3) is 0.391. The third-order valence-electron chi connectivity index (χ3n) is 6.50. The van der Waals surface area contributed by atoms with Crippen molar-refractivity contribution >= 4 is 17.6 Å². The van der Waals surface area contributed by atoms with Gasteiger partial charge in [0.05, 0.1) is 30.4 Å². The van der Waals surface area contributed by atoms with Crippen molar-refractivity contribution in [2.24, 2.45) is 0 Å². The Morgan fingerprint density at radius 2 is 1.72 bits per heavy atom. The SMILES string of the molecule is O=C(Nc1ccc(F)cc1)N1CC2(C1)CN(C(=O)c1ccccc1F)CC1COCCN12. The lowest BCUT2D eigenvalue weighted by atomic mass is 9.82. The van der Waals surface area contributed by atoms with Gasteiger partial charge in [0.25, 0.3) is 5.91 Å². The third-order valence-corrected chi connectivity index (χ3v) is 6.50. The monoisotopic (exact) mass is 442 g/mol. The Morgan fingerprint density at radius 3 is 2.47 bits per heavy atom. The Labute approximate surface area is 184 Å². The number of nitrogens with zero attached hydrogens (tertiary/aromatic N) is 3. The van der Waals surface area contributed by atoms with Crippen LogP contribution in [0.25, 0.3) is 0 Å². The zero-order valence-electron chi connectivity index (χ0n) is 17.5. The quantitative estimate of drug-likeness (QED) is 0.776. The van der Waals surface area contributed by atoms with Gasteiger partial charge in [-0.25, -0.2) is 13.6 Å². The predicted molar refractivity (Wildman–Crippen MR) is 113 cm³/mol. The molecule has 7 nitrogen and oxygen atoms in total. The fourth-order valence-corrected chi connectivity index (χ4v) is 4.98. The number of hydrogen-bond donors (Lipinski definition) is 1. The highest BCUT2D eigenvalue weighted by molar-refractivity contribution is 5.95. The first-order valence-corrected chi connectivity index (χ1v) is 10.6. The molecule has 1 spiro atoms. The van der Waals surface area contributed by atoms with E-state index in [0.29, 0.717) is 45.1 Å². The molecule has 168 valence electrons. The van der Waals surface area contributed by atoms with Gasteiger partial charge in [0.1, 0.15) is 11.6 Å². The number of benzene rings is 2. The molecule has 5 rings (SSSR count). The van der Waals surface area contributed by atoms with Gasteiger partial charge in [0.15, 0.2) is 0 Å². The lowest BCUT2D eigenvalue weighted by Crippen LogP contribution is -2.81. The van der Waals surface area contributed by atoms with Crippen LogP contribution in [0.2, 0.25) is 0 Å². The van der Waals surface area contributed by atoms with Crippen LogP contribution in [0.4, 0.5) is 19.3 Å². The minimum absolute atomic E-state index is 0.00414. The molecular formula is C23H24F2N4O3. The second kappa shape index (κ2) is 8.14. The van der Waals surface area contributed by atoms with Crippen molar-refractivity contribution in [2.45, 2.75) is 11.6 Å². The standard InChI is InChI=1S/C23H24F2N4O3/c24-16-5-7-17(8-6-16)26-22(31)28-14-23(15-28)13-27(11-18-12-32-10-9-29(18)23)21(30)19-3-1-2-4-20(19)25/h1-8,18H,9-15H2,(H,26,31). The van der Waals surface area contributed by atoms with E-state index in [0.717, 1.165) is 6.54 Å². The van der Waals surface area contributed by atoms with Crippen molar-refractivity contribution in [2.75, 3.05) is 51.3 Å². The number of ether oxygens (including phenoxy) is 1. The molecule has 3 saturated heterocycles. The van der Waals surface area contributed by atoms with Crippen LogP contribution in [0.3, 0.4) is 0 Å². The maximum absolute atomic E-state index is 14.2. The fourth-order valence-electron chi connectivity index (χ4n) is 4.98. The first-order chi connectivity index (χ1) is 15.4. The summed E-state index contributed by atoms with van der Waals surface area (Å²) in [4.78, 5) is 31.5. The topological polar surface area (TPSA) is 65.1 Å². The van der Waals surface area contributed by atoms with Crippen molar-refractivity contribution < 1.29 is 23.1 Å². The number of rotatable bonds is 2. The van der Waals surface area contributed by atoms with Crippen molar-refractivity contribution in [1.29, 1.82) is 0 Å². The second-order valence-electron chi connectivity index (χ2n) is 8.61. The molecule has 1 unspecified atom stereocenters. The Balaban J connectivity index is 1.32. The smallest absolute Gasteiger partial charge is 0.321 e. The molecule has 3 aliphatic heterocycles. The highest BCUT2D eigenvalue weighted by atomic mass is 19.1. The van der Waals surface area contributed by atoms with Gasteiger partial charge in [-0.3, -0.25) is 9.69 Å². The van der Waals surface area contributed by atoms with E-state index in [-0.39, 0.29) is 29.4 Å². The zero-order chi connectivity index (χ0) is 22.3. The Hall–Kier alpha value is -3.04. The van der Waals surface area contributed by atoms with E-state index in [4.69, 9.17) is 4.74 Å². The Bertz CT molecular complexity index is 1030. The lowest BCUT2D eigenvalue weighted by molar-refractivity contribution is -0.147. The number of halogens is 2. The van der Waals surface area contributed by atoms with Crippen LogP contribution in [-0.2, 0) is 4.74 Å². The molecule has 0 aliphatic carbocycles. The Kier molecular flexibility index (Phi) is 5.30. The van der Waals surface area contributed by atoms with Crippen molar-refractivity contribution in [3.63, 3.8) is 0 Å². The van der Waals surface area contributed by atoms with Crippen LogP contribution in [0.5, 0.6) is 0 Å². The van der Waals surface area contributed by atoms with E-state index in [9.17, 15) is 18.4 Å². The second-order valence-corrected chi connectivity index (χ2v) is 8.61. The molecule has 2 aromatic rings. The molecule has 3 fully saturated rings. The average molecular weight is 442 g/mol. The summed E-state index contributed by atoms with van der Waals surface area (Å²) < 4.78 is 33.0. The van der Waals surface area contributed by atoms with E-state index >= 15 is 0 Å². The molecule has 3 aliphatic rings. The number of urea groups is 1. The van der Waals surface area contributed by atoms with Gasteiger partial charge in [-0.05, 0) is 36.4 Å². The van der Waals surface area contributed by atoms with Gasteiger partial charge in [0, 0.05) is 38.4 Å². The number of morpholine rings is 1. The molecule has 0 bridgehead atoms. The molecule has 1 N–H and O–H groups in total. The van der Waals surface area contributed by atoms with Crippen LogP contribution in [-0.4, -0.2) is 84.2 Å². The van der Waals surface area contributed by atoms with Gasteiger partial charge < -0.3 is 19.9 Å². The Morgan fingerprint density at radius 1 is 1.00 bits per heavy atom. The summed E-state index contributed by atoms with van der Waals surface area (Å²) in [7, 11) is 0. The van der Waals surface area contributed by atoms with Gasteiger partial charge in [-0.15, -0.1) is 0 Å². The van der Waals surface area contributed by atoms with E-state index in [2.05, 4.69) is 10.2 Å². The number of hydrogen-bond acceptors (Lipinski definition) is 4. The predicted octanol–water partition coefficient (Wildman–Crippen LogP) is 2.41. The summed E-state index contributed by atoms with van der Waals surface area (Å²) in [5.41, 5.74) is 0.174. The lowest BCUT2D eigenvalue weighted by Gasteiger charge is -2.63. The summed E-state index contributed by atoms with van der Waals surface area (Å²) in [5.74, 6) is -1.25.